The number of likely N-dealkylation sites (tertiary alicyclic amines) is 1. The predicted molar refractivity (Wildman–Crippen MR) is 174 cm³/mol. The lowest BCUT2D eigenvalue weighted by Gasteiger charge is -2.42. The van der Waals surface area contributed by atoms with E-state index in [-0.39, 0.29) is 19.1 Å². The molecule has 0 radical (unpaired) electrons. The van der Waals surface area contributed by atoms with Crippen LogP contribution in [0.4, 0.5) is 0 Å². The molecule has 4 N–H and O–H groups in total. The Morgan fingerprint density at radius 1 is 1.04 bits per heavy atom. The van der Waals surface area contributed by atoms with E-state index in [9.17, 15) is 29.1 Å². The minimum Gasteiger partial charge on any atom is -0.484 e. The number of aliphatic hydroxyl groups excluding tert-OH is 1. The summed E-state index contributed by atoms with van der Waals surface area (Å²) < 4.78 is 5.79. The number of hydrogen-bond donors (Lipinski definition) is 4. The summed E-state index contributed by atoms with van der Waals surface area (Å²) in [5.74, 6) is -1.61. The van der Waals surface area contributed by atoms with E-state index in [4.69, 9.17) is 16.3 Å². The van der Waals surface area contributed by atoms with Gasteiger partial charge in [-0.25, -0.2) is 0 Å². The molecule has 0 aliphatic carbocycles. The van der Waals surface area contributed by atoms with Crippen LogP contribution in [0.5, 0.6) is 5.75 Å². The van der Waals surface area contributed by atoms with Crippen molar-refractivity contribution in [3.63, 3.8) is 0 Å². The maximum Gasteiger partial charge on any atom is 0.258 e. The highest BCUT2D eigenvalue weighted by atomic mass is 35.5. The molecule has 2 aromatic rings. The lowest BCUT2D eigenvalue weighted by Crippen LogP contribution is -2.57. The van der Waals surface area contributed by atoms with Crippen molar-refractivity contribution in [3.8, 4) is 5.75 Å². The van der Waals surface area contributed by atoms with Crippen LogP contribution in [0.2, 0.25) is 5.02 Å². The van der Waals surface area contributed by atoms with Gasteiger partial charge in [-0.3, -0.25) is 24.0 Å². The van der Waals surface area contributed by atoms with Gasteiger partial charge >= 0.3 is 0 Å². The first-order valence-electron chi connectivity index (χ1n) is 16.1. The summed E-state index contributed by atoms with van der Waals surface area (Å²) in [4.78, 5) is 69.3. The van der Waals surface area contributed by atoms with Gasteiger partial charge in [0.1, 0.15) is 23.9 Å². The zero-order valence-corrected chi connectivity index (χ0v) is 27.5. The Morgan fingerprint density at radius 3 is 2.53 bits per heavy atom. The van der Waals surface area contributed by atoms with E-state index >= 15 is 0 Å². The zero-order valence-electron chi connectivity index (χ0n) is 26.7. The molecule has 0 aromatic heterocycles. The van der Waals surface area contributed by atoms with Crippen LogP contribution in [0.15, 0.2) is 42.5 Å². The van der Waals surface area contributed by atoms with Crippen LogP contribution in [-0.2, 0) is 25.6 Å². The molecule has 3 heterocycles. The number of benzene rings is 2. The summed E-state index contributed by atoms with van der Waals surface area (Å²) in [6, 6.07) is 9.68. The molecule has 2 bridgehead atoms. The SMILES string of the molecule is Cc1c(Cl)cccc1C(=O)N1CCC2(CC1)CNC(=O)[C@H](CO)NC(=O)[C@@H]1CCCN1C(=O)[C@H](C)NC(=O)COc1cccc(c1)C2. The second kappa shape index (κ2) is 14.7. The molecule has 47 heavy (non-hydrogen) atoms. The van der Waals surface area contributed by atoms with E-state index in [2.05, 4.69) is 16.0 Å². The quantitative estimate of drug-likeness (QED) is 0.379. The second-order valence-corrected chi connectivity index (χ2v) is 13.2. The average molecular weight is 668 g/mol. The van der Waals surface area contributed by atoms with Gasteiger partial charge in [0, 0.05) is 36.8 Å². The summed E-state index contributed by atoms with van der Waals surface area (Å²) in [6.07, 6.45) is 2.65. The first-order valence-corrected chi connectivity index (χ1v) is 16.4. The molecule has 2 fully saturated rings. The Balaban J connectivity index is 1.39. The number of nitrogens with zero attached hydrogens (tertiary/aromatic N) is 2. The Labute approximate surface area is 279 Å². The average Bonchev–Trinajstić information content (AvgIpc) is 3.56. The highest BCUT2D eigenvalue weighted by Gasteiger charge is 2.40. The highest BCUT2D eigenvalue weighted by Crippen LogP contribution is 2.36. The van der Waals surface area contributed by atoms with E-state index in [1.807, 2.05) is 25.1 Å². The van der Waals surface area contributed by atoms with Crippen molar-refractivity contribution in [1.29, 1.82) is 0 Å². The molecule has 3 aliphatic heterocycles. The molecule has 2 aromatic carbocycles. The summed E-state index contributed by atoms with van der Waals surface area (Å²) in [5.41, 5.74) is 1.72. The number of piperidine rings is 1. The molecule has 0 unspecified atom stereocenters. The molecule has 12 nitrogen and oxygen atoms in total. The number of aliphatic hydroxyl groups is 1. The number of carbonyl (C=O) groups excluding carboxylic acids is 5. The Kier molecular flexibility index (Phi) is 10.7. The first kappa shape index (κ1) is 34.2. The fraction of sp³-hybridized carbons (Fsp3) is 0.500. The van der Waals surface area contributed by atoms with E-state index in [0.717, 1.165) is 11.1 Å². The first-order chi connectivity index (χ1) is 22.5. The van der Waals surface area contributed by atoms with Crippen LogP contribution in [0.3, 0.4) is 0 Å². The predicted octanol–water partition coefficient (Wildman–Crippen LogP) is 1.59. The third-order valence-electron chi connectivity index (χ3n) is 9.50. The van der Waals surface area contributed by atoms with Crippen LogP contribution < -0.4 is 20.7 Å². The monoisotopic (exact) mass is 667 g/mol. The number of nitrogens with one attached hydrogen (secondary N) is 3. The number of halogens is 1. The minimum absolute atomic E-state index is 0.106. The number of ether oxygens (including phenoxy) is 1. The van der Waals surface area contributed by atoms with E-state index < -0.39 is 53.8 Å². The number of hydrogen-bond acceptors (Lipinski definition) is 7. The van der Waals surface area contributed by atoms with Crippen molar-refractivity contribution in [3.05, 3.63) is 64.2 Å². The maximum atomic E-state index is 13.5. The summed E-state index contributed by atoms with van der Waals surface area (Å²) in [5, 5.41) is 18.9. The van der Waals surface area contributed by atoms with Gasteiger partial charge in [0.25, 0.3) is 11.8 Å². The van der Waals surface area contributed by atoms with Gasteiger partial charge in [-0.15, -0.1) is 0 Å². The molecule has 3 aliphatic rings. The normalized spacial score (nSPS) is 24.2. The molecule has 5 amide bonds. The van der Waals surface area contributed by atoms with Gasteiger partial charge in [-0.2, -0.15) is 0 Å². The summed E-state index contributed by atoms with van der Waals surface area (Å²) in [7, 11) is 0. The number of rotatable bonds is 2. The van der Waals surface area contributed by atoms with Crippen molar-refractivity contribution >= 4 is 41.1 Å². The van der Waals surface area contributed by atoms with Crippen LogP contribution in [-0.4, -0.2) is 102 Å². The smallest absolute Gasteiger partial charge is 0.258 e. The van der Waals surface area contributed by atoms with Crippen molar-refractivity contribution < 1.29 is 33.8 Å². The Hall–Kier alpha value is -4.16. The van der Waals surface area contributed by atoms with Gasteiger partial charge in [0.15, 0.2) is 6.61 Å². The lowest BCUT2D eigenvalue weighted by atomic mass is 9.73. The Bertz CT molecular complexity index is 1530. The van der Waals surface area contributed by atoms with Crippen LogP contribution in [0.25, 0.3) is 0 Å². The van der Waals surface area contributed by atoms with Crippen molar-refractivity contribution in [2.45, 2.75) is 64.1 Å². The van der Waals surface area contributed by atoms with Crippen molar-refractivity contribution in [2.75, 3.05) is 39.4 Å². The topological polar surface area (TPSA) is 157 Å². The number of amides is 5. The van der Waals surface area contributed by atoms with Crippen molar-refractivity contribution in [1.82, 2.24) is 25.8 Å². The lowest BCUT2D eigenvalue weighted by molar-refractivity contribution is -0.142. The summed E-state index contributed by atoms with van der Waals surface area (Å²) >= 11 is 6.29. The number of fused-ring (bicyclic) bond motifs is 3. The standard InChI is InChI=1S/C34H42ClN5O7/c1-21-25(8-4-9-26(21)35)33(46)39-14-11-34(12-15-39)17-23-6-3-7-24(16-23)47-19-29(42)37-22(2)32(45)40-13-5-10-28(40)31(44)38-27(18-41)30(43)36-20-34/h3-4,6-9,16,22,27-28,41H,5,10-15,17-20H2,1-2H3,(H,36,43)(H,37,42)(H,38,44)/t22-,27-,28-/m0/s1. The third-order valence-corrected chi connectivity index (χ3v) is 9.91. The van der Waals surface area contributed by atoms with E-state index in [1.54, 1.807) is 36.1 Å². The molecule has 13 heteroatoms. The van der Waals surface area contributed by atoms with E-state index in [0.29, 0.717) is 68.1 Å². The Morgan fingerprint density at radius 2 is 1.79 bits per heavy atom. The molecule has 252 valence electrons. The van der Waals surface area contributed by atoms with Crippen molar-refractivity contribution in [2.24, 2.45) is 5.41 Å². The van der Waals surface area contributed by atoms with Gasteiger partial charge in [0.2, 0.25) is 17.7 Å². The molecule has 2 saturated heterocycles. The largest absolute Gasteiger partial charge is 0.484 e. The van der Waals surface area contributed by atoms with Crippen LogP contribution >= 0.6 is 11.6 Å². The van der Waals surface area contributed by atoms with Gasteiger partial charge in [-0.1, -0.05) is 29.8 Å². The highest BCUT2D eigenvalue weighted by molar-refractivity contribution is 6.31. The molecular weight excluding hydrogens is 626 g/mol. The van der Waals surface area contributed by atoms with E-state index in [1.165, 1.54) is 4.90 Å². The van der Waals surface area contributed by atoms with Gasteiger partial charge in [-0.05, 0) is 86.8 Å². The van der Waals surface area contributed by atoms with Gasteiger partial charge in [0.05, 0.1) is 6.61 Å². The fourth-order valence-corrected chi connectivity index (χ4v) is 6.87. The maximum absolute atomic E-state index is 13.5. The second-order valence-electron chi connectivity index (χ2n) is 12.8. The molecule has 5 rings (SSSR count). The van der Waals surface area contributed by atoms with Gasteiger partial charge < -0.3 is 35.6 Å². The molecular formula is C34H42ClN5O7. The number of carbonyl (C=O) groups is 5. The summed E-state index contributed by atoms with van der Waals surface area (Å²) in [6.45, 7) is 3.89. The minimum atomic E-state index is -1.22. The fourth-order valence-electron chi connectivity index (χ4n) is 6.69. The zero-order chi connectivity index (χ0) is 33.7. The third kappa shape index (κ3) is 7.87. The molecule has 1 spiro atoms. The molecule has 0 saturated carbocycles. The molecule has 3 atom stereocenters. The van der Waals surface area contributed by atoms with Crippen LogP contribution in [0, 0.1) is 12.3 Å². The van der Waals surface area contributed by atoms with Crippen LogP contribution in [0.1, 0.15) is 54.1 Å².